The van der Waals surface area contributed by atoms with Gasteiger partial charge < -0.3 is 44.1 Å². The maximum Gasteiger partial charge on any atom is 0.257 e. The van der Waals surface area contributed by atoms with Crippen molar-refractivity contribution in [2.45, 2.75) is 168 Å². The van der Waals surface area contributed by atoms with Gasteiger partial charge >= 0.3 is 0 Å². The molecule has 18 rings (SSSR count). The van der Waals surface area contributed by atoms with E-state index in [1.165, 1.54) is 0 Å². The van der Waals surface area contributed by atoms with E-state index in [0.29, 0.717) is 96.2 Å². The fourth-order valence-electron chi connectivity index (χ4n) is 18.3. The number of piperazine rings is 2. The number of hydrogen-bond acceptors (Lipinski definition) is 30. The SMILES string of the molecule is CCCN1CCN(C(=O)c2cnn(-c3nccc(-c4cccs4)n3)c2C(C)C)CC1.CCN(CC)CCN(CC)C(=O)c1cnn(-c2nccc(-c3cccs3)n2)c1C.CCN(CC)CCN(CC)C(=O)c1cnn(-c2nccc(-c3cccs3)n2)c1C(C)C.CCN(CC)CCN(CC)C(=O)c1cnn(-c2nccc(-c3cccs3)n2)c1C1CC1.CCN1CCN(C(=O)c2cnn(-c3nccc(-c4cccs4)n3)c2C(C)C)CC1. The van der Waals surface area contributed by atoms with Crippen molar-refractivity contribution in [3.63, 3.8) is 0 Å². The van der Waals surface area contributed by atoms with Crippen molar-refractivity contribution in [1.82, 2.24) is 148 Å². The van der Waals surface area contributed by atoms with Crippen LogP contribution in [0.25, 0.3) is 82.6 Å². The van der Waals surface area contributed by atoms with Crippen molar-refractivity contribution < 1.29 is 24.0 Å². The summed E-state index contributed by atoms with van der Waals surface area (Å²) in [6, 6.07) is 29.7. The minimum atomic E-state index is -0.00202. The van der Waals surface area contributed by atoms with Crippen molar-refractivity contribution in [2.24, 2.45) is 0 Å². The standard InChI is InChI=1S/C23H30N6OS.C23H32N6OS.C22H28N6OS.C21H26N6OS.C21H28N6OS/c1-4-27(5-2)13-14-28(6-3)22(30)18-16-25-29(21(18)17-9-10-17)23-24-12-11-19(26-23)20-8-7-15-31-20;1-6-27(7-2)13-14-28(8-3)22(30)18-16-25-29(21(18)17(4)5)23-24-12-11-19(26-23)20-10-9-15-31-20;1-4-9-26-10-12-27(13-11-26)21(29)17-15-24-28(20(17)16(2)3)22-23-8-7-18(25-22)19-6-5-14-30-19;1-4-25-9-11-26(12-10-25)20(28)16-14-23-27(19(16)15(2)3)21-22-8-7-17(24-21)18-6-5-13-29-18;1-5-25(6-2)12-13-26(7-3)20(28)17-15-23-27(16(17)4)21-22-11-10-18(24-21)19-9-8-14-29-19/h7-8,11-12,15-17H,4-6,9-10,13-14H2,1-3H3;9-12,15-17H,6-8,13-14H2,1-5H3;5-8,14-16H,4,9-13H2,1-3H3;5-8,13-15H,4,9-12H2,1-3H3;8-11,14-15H,5-7,12-13H2,1-4H3. The summed E-state index contributed by atoms with van der Waals surface area (Å²) in [7, 11) is 0. The highest BCUT2D eigenvalue weighted by Gasteiger charge is 2.37. The van der Waals surface area contributed by atoms with Crippen LogP contribution in [0.2, 0.25) is 0 Å². The first-order chi connectivity index (χ1) is 72.9. The van der Waals surface area contributed by atoms with Crippen LogP contribution < -0.4 is 0 Å². The maximum atomic E-state index is 13.4. The Morgan fingerprint density at radius 2 is 0.607 bits per heavy atom. The highest BCUT2D eigenvalue weighted by molar-refractivity contribution is 7.14. The summed E-state index contributed by atoms with van der Waals surface area (Å²) in [6.45, 7) is 59.1. The third-order valence-corrected chi connectivity index (χ3v) is 31.5. The lowest BCUT2D eigenvalue weighted by Crippen LogP contribution is -2.48. The molecule has 2 aliphatic heterocycles. The highest BCUT2D eigenvalue weighted by atomic mass is 32.1. The van der Waals surface area contributed by atoms with Crippen LogP contribution in [0.3, 0.4) is 0 Å². The average Bonchev–Trinajstić information content (AvgIpc) is 1.61. The van der Waals surface area contributed by atoms with Crippen LogP contribution in [0.15, 0.2) is 180 Å². The van der Waals surface area contributed by atoms with Crippen LogP contribution in [-0.4, -0.2) is 341 Å². The smallest absolute Gasteiger partial charge is 0.257 e. The molecule has 40 heteroatoms. The molecule has 0 radical (unpaired) electrons. The Morgan fingerprint density at radius 3 is 0.907 bits per heavy atom. The molecule has 0 N–H and O–H groups in total. The fourth-order valence-corrected chi connectivity index (χ4v) is 21.7. The molecule has 3 aliphatic rings. The van der Waals surface area contributed by atoms with Gasteiger partial charge in [0.25, 0.3) is 59.3 Å². The van der Waals surface area contributed by atoms with Crippen LogP contribution in [0, 0.1) is 6.92 Å². The molecule has 0 unspecified atom stereocenters. The molecule has 3 fully saturated rings. The Hall–Kier alpha value is -12.9. The molecule has 5 amide bonds. The van der Waals surface area contributed by atoms with E-state index in [1.807, 2.05) is 170 Å². The Kier molecular flexibility index (Phi) is 41.5. The first-order valence-corrected chi connectivity index (χ1v) is 57.1. The Balaban J connectivity index is 0.000000148. The molecule has 0 bridgehead atoms. The molecular weight excluding hydrogens is 1980 g/mol. The predicted octanol–water partition coefficient (Wildman–Crippen LogP) is 18.9. The minimum absolute atomic E-state index is 0.00202. The van der Waals surface area contributed by atoms with Gasteiger partial charge in [-0.05, 0) is 205 Å². The molecule has 0 aromatic carbocycles. The van der Waals surface area contributed by atoms with E-state index < -0.39 is 0 Å². The molecule has 794 valence electrons. The van der Waals surface area contributed by atoms with E-state index in [4.69, 9.17) is 19.9 Å². The van der Waals surface area contributed by atoms with E-state index in [-0.39, 0.29) is 47.3 Å². The van der Waals surface area contributed by atoms with Gasteiger partial charge in [0, 0.05) is 148 Å². The van der Waals surface area contributed by atoms with Gasteiger partial charge in [-0.3, -0.25) is 28.9 Å². The molecule has 1 saturated carbocycles. The molecule has 35 nitrogen and oxygen atoms in total. The van der Waals surface area contributed by atoms with Gasteiger partial charge in [0.1, 0.15) is 0 Å². The summed E-state index contributed by atoms with van der Waals surface area (Å²) >= 11 is 8.18. The average molecular weight is 2130 g/mol. The molecule has 1 aliphatic carbocycles. The van der Waals surface area contributed by atoms with Gasteiger partial charge in [-0.15, -0.1) is 56.7 Å². The Labute approximate surface area is 901 Å². The Bertz CT molecular complexity index is 6580. The van der Waals surface area contributed by atoms with E-state index in [2.05, 4.69) is 177 Å². The summed E-state index contributed by atoms with van der Waals surface area (Å²) in [5.74, 6) is 3.30. The third-order valence-electron chi connectivity index (χ3n) is 27.1. The largest absolute Gasteiger partial charge is 0.338 e. The van der Waals surface area contributed by atoms with Crippen molar-refractivity contribution in [2.75, 3.05) is 164 Å². The number of thiophene rings is 5. The zero-order valence-electron chi connectivity index (χ0n) is 89.9. The second-order valence-electron chi connectivity index (χ2n) is 37.4. The number of carbonyl (C=O) groups excluding carboxylic acids is 5. The van der Waals surface area contributed by atoms with Crippen LogP contribution >= 0.6 is 56.7 Å². The number of nitrogens with zero attached hydrogens (tertiary/aromatic N) is 30. The lowest BCUT2D eigenvalue weighted by molar-refractivity contribution is 0.0631. The number of likely N-dealkylation sites (N-methyl/N-ethyl adjacent to an activating group) is 7. The van der Waals surface area contributed by atoms with E-state index >= 15 is 0 Å². The third kappa shape index (κ3) is 28.1. The van der Waals surface area contributed by atoms with E-state index in [0.717, 1.165) is 231 Å². The summed E-state index contributed by atoms with van der Waals surface area (Å²) < 4.78 is 8.58. The second-order valence-corrected chi connectivity index (χ2v) is 42.1. The normalized spacial score (nSPS) is 13.3. The number of hydrogen-bond donors (Lipinski definition) is 0. The zero-order chi connectivity index (χ0) is 106. The van der Waals surface area contributed by atoms with Crippen molar-refractivity contribution in [1.29, 1.82) is 0 Å². The van der Waals surface area contributed by atoms with Crippen molar-refractivity contribution in [3.8, 4) is 82.6 Å². The quantitative estimate of drug-likeness (QED) is 0.0344. The predicted molar refractivity (Wildman–Crippen MR) is 600 cm³/mol. The summed E-state index contributed by atoms with van der Waals surface area (Å²) in [6.07, 6.45) is 20.4. The molecule has 150 heavy (non-hydrogen) atoms. The lowest BCUT2D eigenvalue weighted by Gasteiger charge is -2.34. The summed E-state index contributed by atoms with van der Waals surface area (Å²) in [5, 5.41) is 32.7. The van der Waals surface area contributed by atoms with Crippen LogP contribution in [0.1, 0.15) is 241 Å². The van der Waals surface area contributed by atoms with Gasteiger partial charge in [0.05, 0.1) is 140 Å². The lowest BCUT2D eigenvalue weighted by atomic mass is 10.0. The molecule has 17 heterocycles. The van der Waals surface area contributed by atoms with Crippen LogP contribution in [0.5, 0.6) is 0 Å². The summed E-state index contributed by atoms with van der Waals surface area (Å²) in [4.78, 5) is 139. The van der Waals surface area contributed by atoms with Gasteiger partial charge in [-0.2, -0.15) is 25.5 Å². The number of carbonyl (C=O) groups is 5. The van der Waals surface area contributed by atoms with Crippen LogP contribution in [-0.2, 0) is 0 Å². The fraction of sp³-hybridized carbons (Fsp3) is 0.455. The number of amides is 5. The number of rotatable bonds is 40. The molecular formula is C110H144N30O5S5. The van der Waals surface area contributed by atoms with Gasteiger partial charge in [0.15, 0.2) is 0 Å². The number of aromatic nitrogens is 20. The van der Waals surface area contributed by atoms with Crippen molar-refractivity contribution >= 4 is 86.2 Å². The molecule has 0 spiro atoms. The summed E-state index contributed by atoms with van der Waals surface area (Å²) in [5.41, 5.74) is 11.8. The first kappa shape index (κ1) is 113. The zero-order valence-corrected chi connectivity index (χ0v) is 94.0. The second kappa shape index (κ2) is 55.2. The minimum Gasteiger partial charge on any atom is -0.338 e. The van der Waals surface area contributed by atoms with Gasteiger partial charge in [-0.25, -0.2) is 73.2 Å². The van der Waals surface area contributed by atoms with E-state index in [9.17, 15) is 24.0 Å². The van der Waals surface area contributed by atoms with E-state index in [1.54, 1.807) is 142 Å². The molecule has 0 atom stereocenters. The monoisotopic (exact) mass is 2130 g/mol. The molecule has 15 aromatic heterocycles. The topological polar surface area (TPSA) is 336 Å². The first-order valence-electron chi connectivity index (χ1n) is 52.7. The van der Waals surface area contributed by atoms with Crippen LogP contribution in [0.4, 0.5) is 0 Å². The van der Waals surface area contributed by atoms with Gasteiger partial charge in [0.2, 0.25) is 0 Å². The maximum absolute atomic E-state index is 13.4. The highest BCUT2D eigenvalue weighted by Crippen LogP contribution is 2.43. The molecule has 2 saturated heterocycles. The Morgan fingerprint density at radius 1 is 0.327 bits per heavy atom. The van der Waals surface area contributed by atoms with Gasteiger partial charge in [-0.1, -0.05) is 127 Å². The molecule has 15 aromatic rings. The van der Waals surface area contributed by atoms with Crippen molar-refractivity contribution in [3.05, 3.63) is 236 Å².